The zero-order valence-electron chi connectivity index (χ0n) is 7.75. The zero-order chi connectivity index (χ0) is 10.7. The first-order chi connectivity index (χ1) is 6.56. The van der Waals surface area contributed by atoms with Crippen LogP contribution in [0.4, 0.5) is 4.79 Å². The molecule has 0 aliphatic carbocycles. The van der Waals surface area contributed by atoms with Crippen LogP contribution in [0.3, 0.4) is 0 Å². The van der Waals surface area contributed by atoms with Crippen LogP contribution in [0.2, 0.25) is 0 Å². The Hall–Kier alpha value is -1.92. The van der Waals surface area contributed by atoms with Crippen molar-refractivity contribution in [3.05, 3.63) is 0 Å². The molecule has 0 unspecified atom stereocenters. The number of nitrogens with one attached hydrogen (secondary N) is 3. The first kappa shape index (κ1) is 10.2. The van der Waals surface area contributed by atoms with Crippen molar-refractivity contribution in [3.63, 3.8) is 0 Å². The third kappa shape index (κ3) is 1.87. The number of imide groups is 2. The van der Waals surface area contributed by atoms with Crippen molar-refractivity contribution in [3.8, 4) is 0 Å². The Kier molecular flexibility index (Phi) is 2.80. The average molecular weight is 198 g/mol. The van der Waals surface area contributed by atoms with Gasteiger partial charge in [-0.3, -0.25) is 20.2 Å². The van der Waals surface area contributed by atoms with Gasteiger partial charge < -0.3 is 5.43 Å². The second kappa shape index (κ2) is 3.86. The van der Waals surface area contributed by atoms with E-state index in [1.165, 1.54) is 6.92 Å². The SMILES string of the molecule is CNN=C(C)C1C(=O)NC(=O)NC1=O. The van der Waals surface area contributed by atoms with Crippen molar-refractivity contribution in [1.29, 1.82) is 0 Å². The van der Waals surface area contributed by atoms with E-state index < -0.39 is 23.8 Å². The lowest BCUT2D eigenvalue weighted by atomic mass is 10.0. The summed E-state index contributed by atoms with van der Waals surface area (Å²) in [6, 6.07) is -0.798. The van der Waals surface area contributed by atoms with Crippen LogP contribution in [0.25, 0.3) is 0 Å². The van der Waals surface area contributed by atoms with Crippen LogP contribution < -0.4 is 16.1 Å². The summed E-state index contributed by atoms with van der Waals surface area (Å²) in [6.07, 6.45) is 0. The number of hydrazone groups is 1. The second-order valence-corrected chi connectivity index (χ2v) is 2.72. The lowest BCUT2D eigenvalue weighted by Gasteiger charge is -2.19. The lowest BCUT2D eigenvalue weighted by molar-refractivity contribution is -0.132. The van der Waals surface area contributed by atoms with Crippen LogP contribution in [0.5, 0.6) is 0 Å². The number of nitrogens with zero attached hydrogens (tertiary/aromatic N) is 1. The van der Waals surface area contributed by atoms with E-state index in [1.54, 1.807) is 7.05 Å². The number of hydrogen-bond donors (Lipinski definition) is 3. The summed E-state index contributed by atoms with van der Waals surface area (Å²) in [4.78, 5) is 33.2. The van der Waals surface area contributed by atoms with Crippen molar-refractivity contribution in [1.82, 2.24) is 16.1 Å². The maximum atomic E-state index is 11.2. The number of urea groups is 1. The van der Waals surface area contributed by atoms with Gasteiger partial charge in [0.15, 0.2) is 5.92 Å². The molecule has 0 saturated carbocycles. The minimum Gasteiger partial charge on any atom is -0.313 e. The maximum Gasteiger partial charge on any atom is 0.328 e. The van der Waals surface area contributed by atoms with Crippen LogP contribution in [0, 0.1) is 5.92 Å². The maximum absolute atomic E-state index is 11.2. The van der Waals surface area contributed by atoms with Gasteiger partial charge in [0.05, 0.1) is 5.71 Å². The van der Waals surface area contributed by atoms with Gasteiger partial charge >= 0.3 is 6.03 Å². The number of amides is 4. The molecule has 0 atom stereocenters. The molecular formula is C7H10N4O3. The molecule has 1 aliphatic heterocycles. The smallest absolute Gasteiger partial charge is 0.313 e. The molecule has 14 heavy (non-hydrogen) atoms. The Morgan fingerprint density at radius 1 is 1.29 bits per heavy atom. The van der Waals surface area contributed by atoms with Crippen LogP contribution in [0.1, 0.15) is 6.92 Å². The summed E-state index contributed by atoms with van der Waals surface area (Å²) in [6.45, 7) is 1.52. The molecule has 7 heteroatoms. The van der Waals surface area contributed by atoms with Crippen molar-refractivity contribution in [2.45, 2.75) is 6.92 Å². The molecule has 1 saturated heterocycles. The van der Waals surface area contributed by atoms with Gasteiger partial charge in [-0.2, -0.15) is 5.10 Å². The van der Waals surface area contributed by atoms with Crippen molar-refractivity contribution in [2.24, 2.45) is 11.0 Å². The third-order valence-corrected chi connectivity index (χ3v) is 1.70. The third-order valence-electron chi connectivity index (χ3n) is 1.70. The van der Waals surface area contributed by atoms with E-state index in [0.717, 1.165) is 0 Å². The number of carbonyl (C=O) groups excluding carboxylic acids is 3. The molecule has 1 heterocycles. The largest absolute Gasteiger partial charge is 0.328 e. The Balaban J connectivity index is 2.87. The molecule has 0 aromatic heterocycles. The number of carbonyl (C=O) groups is 3. The minimum atomic E-state index is -1.04. The average Bonchev–Trinajstić information content (AvgIpc) is 2.01. The molecule has 0 aromatic rings. The Morgan fingerprint density at radius 2 is 1.79 bits per heavy atom. The van der Waals surface area contributed by atoms with E-state index >= 15 is 0 Å². The highest BCUT2D eigenvalue weighted by Crippen LogP contribution is 2.04. The van der Waals surface area contributed by atoms with Gasteiger partial charge in [0.2, 0.25) is 11.8 Å². The molecule has 1 fully saturated rings. The van der Waals surface area contributed by atoms with Crippen LogP contribution in [-0.4, -0.2) is 30.6 Å². The predicted molar refractivity (Wildman–Crippen MR) is 47.3 cm³/mol. The van der Waals surface area contributed by atoms with Crippen LogP contribution >= 0.6 is 0 Å². The summed E-state index contributed by atoms with van der Waals surface area (Å²) >= 11 is 0. The van der Waals surface area contributed by atoms with E-state index in [1.807, 2.05) is 10.6 Å². The highest BCUT2D eigenvalue weighted by atomic mass is 16.2. The predicted octanol–water partition coefficient (Wildman–Crippen LogP) is -1.44. The molecule has 0 aromatic carbocycles. The normalized spacial score (nSPS) is 19.0. The van der Waals surface area contributed by atoms with Gasteiger partial charge in [-0.05, 0) is 6.92 Å². The van der Waals surface area contributed by atoms with Crippen molar-refractivity contribution < 1.29 is 14.4 Å². The van der Waals surface area contributed by atoms with Gasteiger partial charge in [0.1, 0.15) is 0 Å². The van der Waals surface area contributed by atoms with Crippen LogP contribution in [0.15, 0.2) is 5.10 Å². The molecule has 3 N–H and O–H groups in total. The topological polar surface area (TPSA) is 99.7 Å². The highest BCUT2D eigenvalue weighted by Gasteiger charge is 2.36. The second-order valence-electron chi connectivity index (χ2n) is 2.72. The molecule has 1 rings (SSSR count). The fourth-order valence-corrected chi connectivity index (χ4v) is 1.14. The minimum absolute atomic E-state index is 0.301. The van der Waals surface area contributed by atoms with Gasteiger partial charge in [-0.1, -0.05) is 0 Å². The molecule has 0 radical (unpaired) electrons. The van der Waals surface area contributed by atoms with Gasteiger partial charge in [-0.15, -0.1) is 0 Å². The van der Waals surface area contributed by atoms with Gasteiger partial charge in [-0.25, -0.2) is 4.79 Å². The first-order valence-corrected chi connectivity index (χ1v) is 3.93. The highest BCUT2D eigenvalue weighted by molar-refractivity contribution is 6.27. The Bertz CT molecular complexity index is 303. The van der Waals surface area contributed by atoms with E-state index in [0.29, 0.717) is 5.71 Å². The molecule has 0 bridgehead atoms. The molecular weight excluding hydrogens is 188 g/mol. The summed E-state index contributed by atoms with van der Waals surface area (Å²) < 4.78 is 0. The lowest BCUT2D eigenvalue weighted by Crippen LogP contribution is -2.57. The first-order valence-electron chi connectivity index (χ1n) is 3.93. The monoisotopic (exact) mass is 198 g/mol. The van der Waals surface area contributed by atoms with Gasteiger partial charge in [0.25, 0.3) is 0 Å². The summed E-state index contributed by atoms with van der Waals surface area (Å²) in [5, 5.41) is 7.67. The van der Waals surface area contributed by atoms with E-state index in [4.69, 9.17) is 0 Å². The number of barbiturate groups is 1. The van der Waals surface area contributed by atoms with Crippen LogP contribution in [-0.2, 0) is 9.59 Å². The molecule has 4 amide bonds. The standard InChI is InChI=1S/C7H10N4O3/c1-3(11-8-2)4-5(12)9-7(14)10-6(4)13/h4,8H,1-2H3,(H2,9,10,12,13,14). The molecule has 0 spiro atoms. The van der Waals surface area contributed by atoms with E-state index in [9.17, 15) is 14.4 Å². The Labute approximate surface area is 79.9 Å². The Morgan fingerprint density at radius 3 is 2.21 bits per heavy atom. The van der Waals surface area contributed by atoms with Gasteiger partial charge in [0, 0.05) is 7.05 Å². The number of hydrogen-bond acceptors (Lipinski definition) is 5. The quantitative estimate of drug-likeness (QED) is 0.287. The summed E-state index contributed by atoms with van der Waals surface area (Å²) in [5.41, 5.74) is 2.76. The number of rotatable bonds is 2. The summed E-state index contributed by atoms with van der Waals surface area (Å²) in [7, 11) is 1.55. The molecule has 76 valence electrons. The molecule has 7 nitrogen and oxygen atoms in total. The van der Waals surface area contributed by atoms with E-state index in [-0.39, 0.29) is 0 Å². The van der Waals surface area contributed by atoms with E-state index in [2.05, 4.69) is 10.5 Å². The molecule has 1 aliphatic rings. The van der Waals surface area contributed by atoms with Crippen molar-refractivity contribution >= 4 is 23.6 Å². The summed E-state index contributed by atoms with van der Waals surface area (Å²) in [5.74, 6) is -2.36. The fourth-order valence-electron chi connectivity index (χ4n) is 1.14. The fraction of sp³-hybridized carbons (Fsp3) is 0.429. The van der Waals surface area contributed by atoms with Crippen molar-refractivity contribution in [2.75, 3.05) is 7.05 Å². The zero-order valence-corrected chi connectivity index (χ0v) is 7.75.